The molecule has 1 aromatic heterocycles. The van der Waals surface area contributed by atoms with E-state index in [1.54, 1.807) is 0 Å². The van der Waals surface area contributed by atoms with Crippen LogP contribution in [0.4, 0.5) is 0 Å². The largest absolute Gasteiger partial charge is 0.308 e. The fraction of sp³-hybridized carbons (Fsp3) is 0.353. The molecule has 1 heterocycles. The van der Waals surface area contributed by atoms with E-state index >= 15 is 0 Å². The third-order valence-electron chi connectivity index (χ3n) is 3.29. The van der Waals surface area contributed by atoms with Gasteiger partial charge >= 0.3 is 0 Å². The highest BCUT2D eigenvalue weighted by Crippen LogP contribution is 2.18. The molecule has 0 saturated carbocycles. The van der Waals surface area contributed by atoms with Gasteiger partial charge in [-0.3, -0.25) is 4.98 Å². The molecule has 1 atom stereocenters. The lowest BCUT2D eigenvalue weighted by Gasteiger charge is -2.18. The Hall–Kier alpha value is -0.940. The van der Waals surface area contributed by atoms with Gasteiger partial charge in [0.1, 0.15) is 0 Å². The Bertz CT molecular complexity index is 537. The fourth-order valence-electron chi connectivity index (χ4n) is 2.21. The fourth-order valence-corrected chi connectivity index (χ4v) is 2.57. The molecule has 106 valence electrons. The van der Waals surface area contributed by atoms with E-state index in [2.05, 4.69) is 77.1 Å². The topological polar surface area (TPSA) is 24.9 Å². The van der Waals surface area contributed by atoms with Crippen molar-refractivity contribution in [1.82, 2.24) is 10.3 Å². The first-order valence-electron chi connectivity index (χ1n) is 7.09. The number of benzene rings is 1. The first-order valence-corrected chi connectivity index (χ1v) is 8.17. The van der Waals surface area contributed by atoms with Crippen LogP contribution in [0.15, 0.2) is 42.6 Å². The molecule has 3 heteroatoms. The summed E-state index contributed by atoms with van der Waals surface area (Å²) in [4.78, 5) is 4.54. The Morgan fingerprint density at radius 1 is 1.20 bits per heavy atom. The van der Waals surface area contributed by atoms with Gasteiger partial charge < -0.3 is 5.32 Å². The monoisotopic (exact) mass is 380 g/mol. The summed E-state index contributed by atoms with van der Waals surface area (Å²) in [6, 6.07) is 13.3. The third kappa shape index (κ3) is 4.56. The van der Waals surface area contributed by atoms with Gasteiger partial charge in [-0.1, -0.05) is 19.1 Å². The summed E-state index contributed by atoms with van der Waals surface area (Å²) in [5.74, 6) is 0. The maximum Gasteiger partial charge on any atom is 0.0579 e. The molecule has 0 aliphatic rings. The Kier molecular flexibility index (Phi) is 5.98. The van der Waals surface area contributed by atoms with Crippen LogP contribution < -0.4 is 5.32 Å². The van der Waals surface area contributed by atoms with Gasteiger partial charge in [-0.25, -0.2) is 0 Å². The summed E-state index contributed by atoms with van der Waals surface area (Å²) < 4.78 is 1.28. The number of nitrogens with one attached hydrogen (secondary N) is 1. The minimum absolute atomic E-state index is 0.287. The molecule has 0 radical (unpaired) electrons. The Morgan fingerprint density at radius 3 is 2.60 bits per heavy atom. The number of hydrogen-bond acceptors (Lipinski definition) is 2. The normalized spacial score (nSPS) is 12.3. The summed E-state index contributed by atoms with van der Waals surface area (Å²) in [6.07, 6.45) is 4.02. The van der Waals surface area contributed by atoms with Gasteiger partial charge in [0.05, 0.1) is 11.7 Å². The number of aryl methyl sites for hydroxylation is 1. The van der Waals surface area contributed by atoms with Crippen molar-refractivity contribution in [2.24, 2.45) is 0 Å². The van der Waals surface area contributed by atoms with Gasteiger partial charge in [-0.2, -0.15) is 0 Å². The molecule has 2 rings (SSSR count). The molecular formula is C17H21IN2. The molecule has 1 unspecified atom stereocenters. The van der Waals surface area contributed by atoms with E-state index in [0.717, 1.165) is 25.1 Å². The standard InChI is InChI=1S/C17H21IN2/c1-3-9-19-17(16-11-13(2)8-10-20-16)12-14-4-6-15(18)7-5-14/h4-8,10-11,17,19H,3,9,12H2,1-2H3. The second kappa shape index (κ2) is 7.74. The van der Waals surface area contributed by atoms with E-state index in [9.17, 15) is 0 Å². The minimum Gasteiger partial charge on any atom is -0.308 e. The van der Waals surface area contributed by atoms with Crippen molar-refractivity contribution in [2.75, 3.05) is 6.54 Å². The van der Waals surface area contributed by atoms with Crippen LogP contribution in [0.2, 0.25) is 0 Å². The first kappa shape index (κ1) is 15.4. The molecule has 1 N–H and O–H groups in total. The zero-order chi connectivity index (χ0) is 14.4. The molecular weight excluding hydrogens is 359 g/mol. The highest BCUT2D eigenvalue weighted by atomic mass is 127. The maximum absolute atomic E-state index is 4.54. The van der Waals surface area contributed by atoms with E-state index in [1.807, 2.05) is 12.3 Å². The quantitative estimate of drug-likeness (QED) is 0.757. The predicted molar refractivity (Wildman–Crippen MR) is 92.9 cm³/mol. The molecule has 0 amide bonds. The van der Waals surface area contributed by atoms with Crippen molar-refractivity contribution in [3.63, 3.8) is 0 Å². The Balaban J connectivity index is 2.16. The van der Waals surface area contributed by atoms with Crippen LogP contribution in [-0.4, -0.2) is 11.5 Å². The summed E-state index contributed by atoms with van der Waals surface area (Å²) in [5, 5.41) is 3.61. The highest BCUT2D eigenvalue weighted by Gasteiger charge is 2.13. The number of halogens is 1. The van der Waals surface area contributed by atoms with E-state index < -0.39 is 0 Å². The van der Waals surface area contributed by atoms with Crippen molar-refractivity contribution in [3.8, 4) is 0 Å². The number of pyridine rings is 1. The summed E-state index contributed by atoms with van der Waals surface area (Å²) in [6.45, 7) is 5.33. The molecule has 1 aromatic carbocycles. The average Bonchev–Trinajstić information content (AvgIpc) is 2.45. The van der Waals surface area contributed by atoms with Gasteiger partial charge in [0.15, 0.2) is 0 Å². The lowest BCUT2D eigenvalue weighted by molar-refractivity contribution is 0.517. The average molecular weight is 380 g/mol. The summed E-state index contributed by atoms with van der Waals surface area (Å²) >= 11 is 2.34. The predicted octanol–water partition coefficient (Wildman–Crippen LogP) is 4.28. The van der Waals surface area contributed by atoms with Crippen molar-refractivity contribution in [1.29, 1.82) is 0 Å². The van der Waals surface area contributed by atoms with Gasteiger partial charge in [0.25, 0.3) is 0 Å². The minimum atomic E-state index is 0.287. The van der Waals surface area contributed by atoms with Gasteiger partial charge in [0, 0.05) is 9.77 Å². The van der Waals surface area contributed by atoms with Crippen LogP contribution in [-0.2, 0) is 6.42 Å². The van der Waals surface area contributed by atoms with Crippen molar-refractivity contribution < 1.29 is 0 Å². The van der Waals surface area contributed by atoms with Crippen LogP contribution in [0.25, 0.3) is 0 Å². The Morgan fingerprint density at radius 2 is 1.95 bits per heavy atom. The van der Waals surface area contributed by atoms with Crippen molar-refractivity contribution in [2.45, 2.75) is 32.7 Å². The van der Waals surface area contributed by atoms with Crippen LogP contribution in [0.1, 0.15) is 36.2 Å². The lowest BCUT2D eigenvalue weighted by atomic mass is 10.0. The summed E-state index contributed by atoms with van der Waals surface area (Å²) in [5.41, 5.74) is 3.75. The second-order valence-corrected chi connectivity index (χ2v) is 6.34. The smallest absolute Gasteiger partial charge is 0.0579 e. The molecule has 0 bridgehead atoms. The molecule has 0 aliphatic heterocycles. The number of aromatic nitrogens is 1. The van der Waals surface area contributed by atoms with E-state index in [0.29, 0.717) is 0 Å². The van der Waals surface area contributed by atoms with Crippen LogP contribution in [0.3, 0.4) is 0 Å². The zero-order valence-electron chi connectivity index (χ0n) is 12.1. The second-order valence-electron chi connectivity index (χ2n) is 5.10. The Labute approximate surface area is 135 Å². The first-order chi connectivity index (χ1) is 9.69. The van der Waals surface area contributed by atoms with Gasteiger partial charge in [0.2, 0.25) is 0 Å². The maximum atomic E-state index is 4.54. The lowest BCUT2D eigenvalue weighted by Crippen LogP contribution is -2.25. The molecule has 2 nitrogen and oxygen atoms in total. The molecule has 0 spiro atoms. The van der Waals surface area contributed by atoms with Crippen molar-refractivity contribution in [3.05, 3.63) is 63.0 Å². The van der Waals surface area contributed by atoms with Gasteiger partial charge in [-0.05, 0) is 84.3 Å². The van der Waals surface area contributed by atoms with Gasteiger partial charge in [-0.15, -0.1) is 0 Å². The zero-order valence-corrected chi connectivity index (χ0v) is 14.2. The van der Waals surface area contributed by atoms with E-state index in [4.69, 9.17) is 0 Å². The molecule has 2 aromatic rings. The number of hydrogen-bond donors (Lipinski definition) is 1. The van der Waals surface area contributed by atoms with Crippen LogP contribution in [0, 0.1) is 10.5 Å². The van der Waals surface area contributed by atoms with E-state index in [1.165, 1.54) is 14.7 Å². The summed E-state index contributed by atoms with van der Waals surface area (Å²) in [7, 11) is 0. The SMILES string of the molecule is CCCNC(Cc1ccc(I)cc1)c1cc(C)ccn1. The number of rotatable bonds is 6. The molecule has 20 heavy (non-hydrogen) atoms. The molecule has 0 fully saturated rings. The molecule has 0 saturated heterocycles. The van der Waals surface area contributed by atoms with Crippen molar-refractivity contribution >= 4 is 22.6 Å². The number of nitrogens with zero attached hydrogens (tertiary/aromatic N) is 1. The molecule has 0 aliphatic carbocycles. The third-order valence-corrected chi connectivity index (χ3v) is 4.01. The van der Waals surface area contributed by atoms with Crippen LogP contribution >= 0.6 is 22.6 Å². The van der Waals surface area contributed by atoms with Crippen LogP contribution in [0.5, 0.6) is 0 Å². The van der Waals surface area contributed by atoms with E-state index in [-0.39, 0.29) is 6.04 Å². The highest BCUT2D eigenvalue weighted by molar-refractivity contribution is 14.1.